The minimum atomic E-state index is 0.780. The summed E-state index contributed by atoms with van der Waals surface area (Å²) >= 11 is 2.14. The summed E-state index contributed by atoms with van der Waals surface area (Å²) in [6.07, 6.45) is 7.17. The summed E-state index contributed by atoms with van der Waals surface area (Å²) in [5, 5.41) is 4.58. The van der Waals surface area contributed by atoms with Crippen molar-refractivity contribution in [3.63, 3.8) is 0 Å². The molecule has 3 atom stereocenters. The second-order valence-electron chi connectivity index (χ2n) is 6.00. The van der Waals surface area contributed by atoms with Crippen molar-refractivity contribution in [2.24, 2.45) is 5.92 Å². The molecule has 0 aromatic rings. The molecule has 1 saturated carbocycles. The van der Waals surface area contributed by atoms with Crippen LogP contribution in [-0.2, 0) is 0 Å². The lowest BCUT2D eigenvalue weighted by Gasteiger charge is -2.36. The van der Waals surface area contributed by atoms with Gasteiger partial charge < -0.3 is 10.2 Å². The summed E-state index contributed by atoms with van der Waals surface area (Å²) in [7, 11) is 0. The van der Waals surface area contributed by atoms with Gasteiger partial charge in [-0.1, -0.05) is 33.1 Å². The molecule has 1 N–H and O–H groups in total. The third-order valence-electron chi connectivity index (χ3n) is 4.44. The quantitative estimate of drug-likeness (QED) is 0.791. The van der Waals surface area contributed by atoms with Crippen molar-refractivity contribution in [2.75, 3.05) is 31.9 Å². The van der Waals surface area contributed by atoms with Gasteiger partial charge in [0.2, 0.25) is 0 Å². The Kier molecular flexibility index (Phi) is 6.33. The third kappa shape index (κ3) is 4.43. The van der Waals surface area contributed by atoms with Crippen molar-refractivity contribution < 1.29 is 0 Å². The Bertz CT molecular complexity index is 235. The van der Waals surface area contributed by atoms with Gasteiger partial charge in [0.1, 0.15) is 0 Å². The Labute approximate surface area is 117 Å². The number of rotatable bonds is 4. The molecule has 1 aliphatic heterocycles. The summed E-state index contributed by atoms with van der Waals surface area (Å²) in [6, 6.07) is 0.780. The van der Waals surface area contributed by atoms with Crippen LogP contribution in [0.3, 0.4) is 0 Å². The molecule has 0 bridgehead atoms. The number of hydrogen-bond acceptors (Lipinski definition) is 3. The molecule has 0 radical (unpaired) electrons. The van der Waals surface area contributed by atoms with Gasteiger partial charge >= 0.3 is 0 Å². The Hall–Kier alpha value is 0.270. The molecule has 1 aliphatic carbocycles. The van der Waals surface area contributed by atoms with E-state index in [0.29, 0.717) is 0 Å². The van der Waals surface area contributed by atoms with Gasteiger partial charge in [0, 0.05) is 36.7 Å². The van der Waals surface area contributed by atoms with Crippen LogP contribution < -0.4 is 5.32 Å². The molecule has 1 saturated heterocycles. The van der Waals surface area contributed by atoms with Crippen LogP contribution in [0.1, 0.15) is 46.0 Å². The standard InChI is InChI=1S/C15H30N2S/c1-3-16-15-8-6-4-5-7-14(15)12-17-9-10-18-13(2)11-17/h13-16H,3-12H2,1-2H3. The normalized spacial score (nSPS) is 35.3. The first-order chi connectivity index (χ1) is 8.79. The Morgan fingerprint density at radius 1 is 1.22 bits per heavy atom. The lowest BCUT2D eigenvalue weighted by atomic mass is 9.94. The Morgan fingerprint density at radius 3 is 2.83 bits per heavy atom. The topological polar surface area (TPSA) is 15.3 Å². The van der Waals surface area contributed by atoms with E-state index in [9.17, 15) is 0 Å². The van der Waals surface area contributed by atoms with E-state index >= 15 is 0 Å². The number of nitrogens with one attached hydrogen (secondary N) is 1. The van der Waals surface area contributed by atoms with Crippen LogP contribution in [0.5, 0.6) is 0 Å². The SMILES string of the molecule is CCNC1CCCCCC1CN1CCSC(C)C1. The first-order valence-electron chi connectivity index (χ1n) is 7.87. The molecule has 2 fully saturated rings. The van der Waals surface area contributed by atoms with Crippen molar-refractivity contribution in [1.82, 2.24) is 10.2 Å². The van der Waals surface area contributed by atoms with Gasteiger partial charge in [0.25, 0.3) is 0 Å². The highest BCUT2D eigenvalue weighted by atomic mass is 32.2. The van der Waals surface area contributed by atoms with E-state index in [1.54, 1.807) is 0 Å². The predicted octanol–water partition coefficient (Wildman–Crippen LogP) is 2.98. The molecular formula is C15H30N2S. The average Bonchev–Trinajstić information content (AvgIpc) is 2.56. The molecule has 3 heteroatoms. The van der Waals surface area contributed by atoms with E-state index in [1.807, 2.05) is 0 Å². The number of thioether (sulfide) groups is 1. The molecule has 0 aromatic carbocycles. The molecule has 2 rings (SSSR count). The second kappa shape index (κ2) is 7.76. The van der Waals surface area contributed by atoms with E-state index in [-0.39, 0.29) is 0 Å². The van der Waals surface area contributed by atoms with Crippen molar-refractivity contribution in [3.05, 3.63) is 0 Å². The van der Waals surface area contributed by atoms with E-state index < -0.39 is 0 Å². The van der Waals surface area contributed by atoms with Crippen LogP contribution in [0.4, 0.5) is 0 Å². The third-order valence-corrected chi connectivity index (χ3v) is 5.58. The lowest BCUT2D eigenvalue weighted by molar-refractivity contribution is 0.201. The number of nitrogens with zero attached hydrogens (tertiary/aromatic N) is 1. The van der Waals surface area contributed by atoms with Crippen LogP contribution in [0, 0.1) is 5.92 Å². The molecule has 2 aliphatic rings. The maximum Gasteiger partial charge on any atom is 0.0147 e. The zero-order valence-corrected chi connectivity index (χ0v) is 13.0. The summed E-state index contributed by atoms with van der Waals surface area (Å²) in [4.78, 5) is 2.72. The molecule has 18 heavy (non-hydrogen) atoms. The highest BCUT2D eigenvalue weighted by Gasteiger charge is 2.26. The van der Waals surface area contributed by atoms with Crippen LogP contribution in [0.25, 0.3) is 0 Å². The fraction of sp³-hybridized carbons (Fsp3) is 1.00. The molecule has 2 nitrogen and oxygen atoms in total. The fourth-order valence-electron chi connectivity index (χ4n) is 3.52. The highest BCUT2D eigenvalue weighted by molar-refractivity contribution is 7.99. The van der Waals surface area contributed by atoms with Gasteiger partial charge in [0.05, 0.1) is 0 Å². The molecule has 0 amide bonds. The van der Waals surface area contributed by atoms with Crippen molar-refractivity contribution in [2.45, 2.75) is 57.2 Å². The van der Waals surface area contributed by atoms with Crippen LogP contribution in [-0.4, -0.2) is 48.1 Å². The monoisotopic (exact) mass is 270 g/mol. The van der Waals surface area contributed by atoms with Crippen LogP contribution in [0.15, 0.2) is 0 Å². The van der Waals surface area contributed by atoms with Crippen molar-refractivity contribution in [3.8, 4) is 0 Å². The minimum Gasteiger partial charge on any atom is -0.314 e. The molecular weight excluding hydrogens is 240 g/mol. The maximum atomic E-state index is 3.74. The van der Waals surface area contributed by atoms with Gasteiger partial charge in [-0.15, -0.1) is 0 Å². The van der Waals surface area contributed by atoms with E-state index in [0.717, 1.165) is 23.8 Å². The van der Waals surface area contributed by atoms with Gasteiger partial charge in [-0.25, -0.2) is 0 Å². The minimum absolute atomic E-state index is 0.780. The number of hydrogen-bond donors (Lipinski definition) is 1. The first kappa shape index (κ1) is 14.7. The summed E-state index contributed by atoms with van der Waals surface area (Å²) in [6.45, 7) is 9.72. The largest absolute Gasteiger partial charge is 0.314 e. The van der Waals surface area contributed by atoms with Gasteiger partial charge in [-0.3, -0.25) is 0 Å². The molecule has 0 spiro atoms. The van der Waals surface area contributed by atoms with Crippen LogP contribution >= 0.6 is 11.8 Å². The highest BCUT2D eigenvalue weighted by Crippen LogP contribution is 2.26. The Balaban J connectivity index is 1.86. The van der Waals surface area contributed by atoms with Crippen LogP contribution in [0.2, 0.25) is 0 Å². The van der Waals surface area contributed by atoms with Gasteiger partial charge in [0.15, 0.2) is 0 Å². The maximum absolute atomic E-state index is 3.74. The molecule has 0 aromatic heterocycles. The summed E-state index contributed by atoms with van der Waals surface area (Å²) in [5.74, 6) is 2.22. The average molecular weight is 270 g/mol. The summed E-state index contributed by atoms with van der Waals surface area (Å²) in [5.41, 5.74) is 0. The first-order valence-corrected chi connectivity index (χ1v) is 8.91. The zero-order valence-electron chi connectivity index (χ0n) is 12.2. The predicted molar refractivity (Wildman–Crippen MR) is 82.4 cm³/mol. The van der Waals surface area contributed by atoms with E-state index in [2.05, 4.69) is 35.8 Å². The van der Waals surface area contributed by atoms with Crippen molar-refractivity contribution in [1.29, 1.82) is 0 Å². The Morgan fingerprint density at radius 2 is 2.06 bits per heavy atom. The van der Waals surface area contributed by atoms with Crippen molar-refractivity contribution >= 4 is 11.8 Å². The second-order valence-corrected chi connectivity index (χ2v) is 7.55. The lowest BCUT2D eigenvalue weighted by Crippen LogP contribution is -2.45. The fourth-order valence-corrected chi connectivity index (χ4v) is 4.60. The van der Waals surface area contributed by atoms with E-state index in [4.69, 9.17) is 0 Å². The van der Waals surface area contributed by atoms with Gasteiger partial charge in [-0.05, 0) is 25.3 Å². The van der Waals surface area contributed by atoms with E-state index in [1.165, 1.54) is 57.5 Å². The zero-order chi connectivity index (χ0) is 12.8. The smallest absolute Gasteiger partial charge is 0.0147 e. The molecule has 1 heterocycles. The molecule has 3 unspecified atom stereocenters. The summed E-state index contributed by atoms with van der Waals surface area (Å²) < 4.78 is 0. The molecule has 106 valence electrons. The van der Waals surface area contributed by atoms with Gasteiger partial charge in [-0.2, -0.15) is 11.8 Å².